The molecule has 0 fully saturated rings. The van der Waals surface area contributed by atoms with Crippen molar-refractivity contribution in [3.05, 3.63) is 36.4 Å². The third kappa shape index (κ3) is 2.30. The molecule has 0 aliphatic rings. The molecule has 1 N–H and O–H groups in total. The summed E-state index contributed by atoms with van der Waals surface area (Å²) in [4.78, 5) is 19.8. The minimum absolute atomic E-state index is 0.135. The molecule has 0 saturated heterocycles. The molecule has 1 amide bonds. The SMILES string of the molecule is C=CCCNC(=O)c1nc2nccc(C)n2n1. The minimum Gasteiger partial charge on any atom is -0.349 e. The number of aromatic nitrogens is 4. The summed E-state index contributed by atoms with van der Waals surface area (Å²) in [7, 11) is 0. The zero-order valence-electron chi connectivity index (χ0n) is 9.55. The van der Waals surface area contributed by atoms with Gasteiger partial charge in [0.25, 0.3) is 11.7 Å². The first kappa shape index (κ1) is 11.3. The van der Waals surface area contributed by atoms with Crippen LogP contribution in [-0.2, 0) is 0 Å². The second-order valence-electron chi connectivity index (χ2n) is 3.57. The lowest BCUT2D eigenvalue weighted by Crippen LogP contribution is -2.25. The Kier molecular flexibility index (Phi) is 3.13. The third-order valence-electron chi connectivity index (χ3n) is 2.27. The summed E-state index contributed by atoms with van der Waals surface area (Å²) in [5.41, 5.74) is 0.882. The van der Waals surface area contributed by atoms with E-state index in [9.17, 15) is 4.79 Å². The maximum Gasteiger partial charge on any atom is 0.291 e. The maximum absolute atomic E-state index is 11.7. The van der Waals surface area contributed by atoms with Crippen molar-refractivity contribution in [2.75, 3.05) is 6.54 Å². The molecule has 2 aromatic rings. The molecule has 0 aliphatic heterocycles. The highest BCUT2D eigenvalue weighted by molar-refractivity contribution is 5.90. The number of carbonyl (C=O) groups is 1. The van der Waals surface area contributed by atoms with Crippen LogP contribution in [0.1, 0.15) is 22.7 Å². The van der Waals surface area contributed by atoms with E-state index in [1.54, 1.807) is 22.9 Å². The first-order valence-electron chi connectivity index (χ1n) is 5.30. The fraction of sp³-hybridized carbons (Fsp3) is 0.273. The molecular weight excluding hydrogens is 218 g/mol. The predicted molar refractivity (Wildman–Crippen MR) is 62.7 cm³/mol. The Labute approximate surface area is 98.4 Å². The summed E-state index contributed by atoms with van der Waals surface area (Å²) in [6.07, 6.45) is 4.10. The van der Waals surface area contributed by atoms with Crippen molar-refractivity contribution >= 4 is 11.7 Å². The van der Waals surface area contributed by atoms with Crippen LogP contribution >= 0.6 is 0 Å². The summed E-state index contributed by atoms with van der Waals surface area (Å²) < 4.78 is 1.54. The summed E-state index contributed by atoms with van der Waals surface area (Å²) in [5, 5.41) is 6.80. The summed E-state index contributed by atoms with van der Waals surface area (Å²) >= 11 is 0. The molecule has 6 heteroatoms. The van der Waals surface area contributed by atoms with Crippen LogP contribution in [0.4, 0.5) is 0 Å². The Balaban J connectivity index is 2.21. The van der Waals surface area contributed by atoms with Gasteiger partial charge in [-0.2, -0.15) is 4.98 Å². The largest absolute Gasteiger partial charge is 0.349 e. The predicted octanol–water partition coefficient (Wildman–Crippen LogP) is 0.739. The molecule has 0 radical (unpaired) electrons. The molecule has 0 aromatic carbocycles. The van der Waals surface area contributed by atoms with E-state index in [0.29, 0.717) is 12.3 Å². The van der Waals surface area contributed by atoms with Gasteiger partial charge in [0.05, 0.1) is 0 Å². The highest BCUT2D eigenvalue weighted by Gasteiger charge is 2.13. The standard InChI is InChI=1S/C11H13N5O/c1-3-4-6-12-10(17)9-14-11-13-7-5-8(2)16(11)15-9/h3,5,7H,1,4,6H2,2H3,(H,12,17). The highest BCUT2D eigenvalue weighted by atomic mass is 16.2. The number of hydrogen-bond acceptors (Lipinski definition) is 4. The lowest BCUT2D eigenvalue weighted by molar-refractivity contribution is 0.0944. The number of rotatable bonds is 4. The Bertz CT molecular complexity index is 560. The van der Waals surface area contributed by atoms with Gasteiger partial charge in [-0.25, -0.2) is 9.50 Å². The van der Waals surface area contributed by atoms with Crippen LogP contribution in [0.5, 0.6) is 0 Å². The Hall–Kier alpha value is -2.24. The average molecular weight is 231 g/mol. The Morgan fingerprint density at radius 2 is 2.47 bits per heavy atom. The van der Waals surface area contributed by atoms with Crippen molar-refractivity contribution in [3.8, 4) is 0 Å². The van der Waals surface area contributed by atoms with E-state index < -0.39 is 0 Å². The van der Waals surface area contributed by atoms with Gasteiger partial charge in [-0.3, -0.25) is 4.79 Å². The molecule has 17 heavy (non-hydrogen) atoms. The zero-order valence-corrected chi connectivity index (χ0v) is 9.55. The van der Waals surface area contributed by atoms with Gasteiger partial charge in [0.15, 0.2) is 0 Å². The van der Waals surface area contributed by atoms with Crippen molar-refractivity contribution in [1.29, 1.82) is 0 Å². The summed E-state index contributed by atoms with van der Waals surface area (Å²) in [5.74, 6) is 0.270. The quantitative estimate of drug-likeness (QED) is 0.622. The molecule has 0 aliphatic carbocycles. The van der Waals surface area contributed by atoms with Gasteiger partial charge in [-0.1, -0.05) is 6.08 Å². The van der Waals surface area contributed by atoms with Crippen molar-refractivity contribution in [3.63, 3.8) is 0 Å². The normalized spacial score (nSPS) is 10.4. The van der Waals surface area contributed by atoms with E-state index in [1.165, 1.54) is 0 Å². The lowest BCUT2D eigenvalue weighted by Gasteiger charge is -1.97. The Morgan fingerprint density at radius 3 is 3.18 bits per heavy atom. The lowest BCUT2D eigenvalue weighted by atomic mass is 10.4. The van der Waals surface area contributed by atoms with Gasteiger partial charge in [0.1, 0.15) is 0 Å². The van der Waals surface area contributed by atoms with Crippen LogP contribution in [-0.4, -0.2) is 32.0 Å². The fourth-order valence-electron chi connectivity index (χ4n) is 1.37. The number of carbonyl (C=O) groups excluding carboxylic acids is 1. The number of amides is 1. The molecule has 2 rings (SSSR count). The fourth-order valence-corrected chi connectivity index (χ4v) is 1.37. The molecule has 2 aromatic heterocycles. The van der Waals surface area contributed by atoms with Crippen LogP contribution in [0, 0.1) is 6.92 Å². The first-order valence-corrected chi connectivity index (χ1v) is 5.30. The molecule has 88 valence electrons. The molecule has 0 bridgehead atoms. The average Bonchev–Trinajstić information content (AvgIpc) is 2.75. The van der Waals surface area contributed by atoms with Crippen molar-refractivity contribution in [2.45, 2.75) is 13.3 Å². The molecule has 0 spiro atoms. The highest BCUT2D eigenvalue weighted by Crippen LogP contribution is 2.01. The topological polar surface area (TPSA) is 72.2 Å². The van der Waals surface area contributed by atoms with Gasteiger partial charge >= 0.3 is 0 Å². The second-order valence-corrected chi connectivity index (χ2v) is 3.57. The van der Waals surface area contributed by atoms with E-state index in [4.69, 9.17) is 0 Å². The number of fused-ring (bicyclic) bond motifs is 1. The Morgan fingerprint density at radius 1 is 1.65 bits per heavy atom. The smallest absolute Gasteiger partial charge is 0.291 e. The van der Waals surface area contributed by atoms with Gasteiger partial charge in [-0.05, 0) is 19.4 Å². The van der Waals surface area contributed by atoms with E-state index in [-0.39, 0.29) is 11.7 Å². The van der Waals surface area contributed by atoms with Crippen LogP contribution in [0.2, 0.25) is 0 Å². The number of hydrogen-bond donors (Lipinski definition) is 1. The number of nitrogens with zero attached hydrogens (tertiary/aromatic N) is 4. The number of aryl methyl sites for hydroxylation is 1. The molecule has 2 heterocycles. The van der Waals surface area contributed by atoms with Crippen molar-refractivity contribution in [1.82, 2.24) is 24.9 Å². The molecule has 6 nitrogen and oxygen atoms in total. The molecular formula is C11H13N5O. The minimum atomic E-state index is -0.295. The first-order chi connectivity index (χ1) is 8.22. The van der Waals surface area contributed by atoms with E-state index in [1.807, 2.05) is 6.92 Å². The third-order valence-corrected chi connectivity index (χ3v) is 2.27. The van der Waals surface area contributed by atoms with Gasteiger partial charge < -0.3 is 5.32 Å². The van der Waals surface area contributed by atoms with E-state index in [2.05, 4.69) is 27.0 Å². The van der Waals surface area contributed by atoms with Crippen LogP contribution < -0.4 is 5.32 Å². The van der Waals surface area contributed by atoms with E-state index >= 15 is 0 Å². The molecule has 0 atom stereocenters. The maximum atomic E-state index is 11.7. The zero-order chi connectivity index (χ0) is 12.3. The molecule has 0 unspecified atom stereocenters. The summed E-state index contributed by atoms with van der Waals surface area (Å²) in [6.45, 7) is 5.99. The van der Waals surface area contributed by atoms with Gasteiger partial charge in [0.2, 0.25) is 5.82 Å². The van der Waals surface area contributed by atoms with Crippen molar-refractivity contribution in [2.24, 2.45) is 0 Å². The van der Waals surface area contributed by atoms with Gasteiger partial charge in [-0.15, -0.1) is 11.7 Å². The van der Waals surface area contributed by atoms with Crippen LogP contribution in [0.3, 0.4) is 0 Å². The van der Waals surface area contributed by atoms with Crippen LogP contribution in [0.15, 0.2) is 24.9 Å². The monoisotopic (exact) mass is 231 g/mol. The molecule has 0 saturated carbocycles. The second kappa shape index (κ2) is 4.73. The van der Waals surface area contributed by atoms with Crippen molar-refractivity contribution < 1.29 is 4.79 Å². The van der Waals surface area contributed by atoms with Crippen LogP contribution in [0.25, 0.3) is 5.78 Å². The van der Waals surface area contributed by atoms with E-state index in [0.717, 1.165) is 12.1 Å². The van der Waals surface area contributed by atoms with Gasteiger partial charge in [0, 0.05) is 18.4 Å². The summed E-state index contributed by atoms with van der Waals surface area (Å²) in [6, 6.07) is 1.81. The number of nitrogens with one attached hydrogen (secondary N) is 1.